The van der Waals surface area contributed by atoms with E-state index in [1.54, 1.807) is 14.2 Å². The van der Waals surface area contributed by atoms with Gasteiger partial charge in [0.15, 0.2) is 11.5 Å². The topological polar surface area (TPSA) is 54.5 Å². The second kappa shape index (κ2) is 8.34. The van der Waals surface area contributed by atoms with Gasteiger partial charge in [0, 0.05) is 25.6 Å². The number of hydrogen-bond donors (Lipinski definition) is 3. The van der Waals surface area contributed by atoms with E-state index in [9.17, 15) is 0 Å². The van der Waals surface area contributed by atoms with Gasteiger partial charge in [-0.3, -0.25) is 5.43 Å². The highest BCUT2D eigenvalue weighted by Crippen LogP contribution is 2.28. The number of methoxy groups -OCH3 is 2. The Balaban J connectivity index is 1.57. The molecule has 0 spiro atoms. The molecule has 0 saturated carbocycles. The van der Waals surface area contributed by atoms with Crippen molar-refractivity contribution in [2.45, 2.75) is 19.5 Å². The smallest absolute Gasteiger partial charge is 0.161 e. The van der Waals surface area contributed by atoms with E-state index in [0.717, 1.165) is 31.1 Å². The average molecular weight is 341 g/mol. The van der Waals surface area contributed by atoms with E-state index in [2.05, 4.69) is 53.4 Å². The standard InChI is InChI=1S/C20H27N3O2/c1-14-4-7-16(8-5-14)20-17(13-22-23-20)12-21-11-15-6-9-18(24-2)19(10-15)25-3/h4-10,17,20-23H,11-13H2,1-3H3. The molecule has 2 unspecified atom stereocenters. The molecule has 134 valence electrons. The number of rotatable bonds is 7. The van der Waals surface area contributed by atoms with Gasteiger partial charge in [-0.25, -0.2) is 5.43 Å². The van der Waals surface area contributed by atoms with Crippen molar-refractivity contribution >= 4 is 0 Å². The summed E-state index contributed by atoms with van der Waals surface area (Å²) in [7, 11) is 3.32. The second-order valence-electron chi connectivity index (χ2n) is 6.49. The first-order valence-corrected chi connectivity index (χ1v) is 8.68. The first-order valence-electron chi connectivity index (χ1n) is 8.68. The lowest BCUT2D eigenvalue weighted by atomic mass is 9.94. The molecule has 2 aromatic carbocycles. The molecule has 3 rings (SSSR count). The summed E-state index contributed by atoms with van der Waals surface area (Å²) in [5.41, 5.74) is 10.5. The van der Waals surface area contributed by atoms with Gasteiger partial charge in [0.25, 0.3) is 0 Å². The maximum atomic E-state index is 5.37. The largest absolute Gasteiger partial charge is 0.493 e. The molecule has 1 saturated heterocycles. The van der Waals surface area contributed by atoms with Crippen molar-refractivity contribution in [3.8, 4) is 11.5 Å². The van der Waals surface area contributed by atoms with E-state index in [4.69, 9.17) is 9.47 Å². The molecule has 2 atom stereocenters. The van der Waals surface area contributed by atoms with Crippen molar-refractivity contribution in [1.82, 2.24) is 16.2 Å². The van der Waals surface area contributed by atoms with Crippen LogP contribution in [0.4, 0.5) is 0 Å². The van der Waals surface area contributed by atoms with Crippen molar-refractivity contribution in [2.24, 2.45) is 5.92 Å². The Morgan fingerprint density at radius 3 is 2.52 bits per heavy atom. The number of hydrazine groups is 1. The van der Waals surface area contributed by atoms with Crippen LogP contribution in [0.2, 0.25) is 0 Å². The third-order valence-corrected chi connectivity index (χ3v) is 4.71. The van der Waals surface area contributed by atoms with Crippen molar-refractivity contribution in [3.05, 3.63) is 59.2 Å². The fourth-order valence-electron chi connectivity index (χ4n) is 3.25. The zero-order chi connectivity index (χ0) is 17.6. The van der Waals surface area contributed by atoms with Gasteiger partial charge in [-0.05, 0) is 30.2 Å². The maximum Gasteiger partial charge on any atom is 0.161 e. The number of benzene rings is 2. The van der Waals surface area contributed by atoms with Gasteiger partial charge >= 0.3 is 0 Å². The molecule has 1 heterocycles. The van der Waals surface area contributed by atoms with Crippen LogP contribution in [-0.2, 0) is 6.54 Å². The highest BCUT2D eigenvalue weighted by Gasteiger charge is 2.27. The van der Waals surface area contributed by atoms with E-state index >= 15 is 0 Å². The predicted molar refractivity (Wildman–Crippen MR) is 99.8 cm³/mol. The Bertz CT molecular complexity index is 688. The number of ether oxygens (including phenoxy) is 2. The quantitative estimate of drug-likeness (QED) is 0.723. The van der Waals surface area contributed by atoms with E-state index in [1.165, 1.54) is 16.7 Å². The third kappa shape index (κ3) is 4.31. The second-order valence-corrected chi connectivity index (χ2v) is 6.49. The van der Waals surface area contributed by atoms with Crippen molar-refractivity contribution in [2.75, 3.05) is 27.3 Å². The van der Waals surface area contributed by atoms with E-state index in [-0.39, 0.29) is 0 Å². The summed E-state index contributed by atoms with van der Waals surface area (Å²) in [5.74, 6) is 2.03. The Kier molecular flexibility index (Phi) is 5.91. The minimum absolute atomic E-state index is 0.332. The van der Waals surface area contributed by atoms with Gasteiger partial charge in [0.2, 0.25) is 0 Å². The lowest BCUT2D eigenvalue weighted by molar-refractivity contribution is 0.354. The molecule has 5 heteroatoms. The fourth-order valence-corrected chi connectivity index (χ4v) is 3.25. The molecule has 0 aromatic heterocycles. The summed E-state index contributed by atoms with van der Waals surface area (Å²) >= 11 is 0. The normalized spacial score (nSPS) is 19.8. The lowest BCUT2D eigenvalue weighted by Gasteiger charge is -2.19. The van der Waals surface area contributed by atoms with Gasteiger partial charge in [0.1, 0.15) is 0 Å². The van der Waals surface area contributed by atoms with E-state index in [1.807, 2.05) is 12.1 Å². The molecule has 0 aliphatic carbocycles. The average Bonchev–Trinajstić information content (AvgIpc) is 3.10. The monoisotopic (exact) mass is 341 g/mol. The molecule has 1 fully saturated rings. The Morgan fingerprint density at radius 1 is 1.04 bits per heavy atom. The van der Waals surface area contributed by atoms with Crippen LogP contribution in [0.5, 0.6) is 11.5 Å². The molecule has 0 radical (unpaired) electrons. The zero-order valence-corrected chi connectivity index (χ0v) is 15.1. The minimum Gasteiger partial charge on any atom is -0.493 e. The summed E-state index contributed by atoms with van der Waals surface area (Å²) in [6.07, 6.45) is 0. The molecule has 3 N–H and O–H groups in total. The molecular weight excluding hydrogens is 314 g/mol. The van der Waals surface area contributed by atoms with Gasteiger partial charge < -0.3 is 14.8 Å². The maximum absolute atomic E-state index is 5.37. The molecule has 2 aromatic rings. The molecular formula is C20H27N3O2. The molecule has 5 nitrogen and oxygen atoms in total. The third-order valence-electron chi connectivity index (χ3n) is 4.71. The Morgan fingerprint density at radius 2 is 1.80 bits per heavy atom. The van der Waals surface area contributed by atoms with Crippen LogP contribution in [0.25, 0.3) is 0 Å². The number of aryl methyl sites for hydroxylation is 1. The Hall–Kier alpha value is -2.08. The predicted octanol–water partition coefficient (Wildman–Crippen LogP) is 2.57. The summed E-state index contributed by atoms with van der Waals surface area (Å²) in [6, 6.07) is 15.1. The highest BCUT2D eigenvalue weighted by atomic mass is 16.5. The summed E-state index contributed by atoms with van der Waals surface area (Å²) in [6.45, 7) is 4.81. The minimum atomic E-state index is 0.332. The van der Waals surface area contributed by atoms with Gasteiger partial charge in [-0.2, -0.15) is 0 Å². The lowest BCUT2D eigenvalue weighted by Crippen LogP contribution is -2.28. The first kappa shape index (κ1) is 17.7. The molecule has 0 amide bonds. The fraction of sp³-hybridized carbons (Fsp3) is 0.400. The summed E-state index contributed by atoms with van der Waals surface area (Å²) < 4.78 is 10.7. The van der Waals surface area contributed by atoms with Crippen LogP contribution in [0.1, 0.15) is 22.7 Å². The van der Waals surface area contributed by atoms with Crippen LogP contribution >= 0.6 is 0 Å². The molecule has 1 aliphatic heterocycles. The van der Waals surface area contributed by atoms with Crippen LogP contribution in [-0.4, -0.2) is 27.3 Å². The van der Waals surface area contributed by atoms with E-state index in [0.29, 0.717) is 12.0 Å². The van der Waals surface area contributed by atoms with Gasteiger partial charge in [0.05, 0.1) is 20.3 Å². The van der Waals surface area contributed by atoms with Crippen LogP contribution < -0.4 is 25.6 Å². The SMILES string of the molecule is COc1ccc(CNCC2CNNC2c2ccc(C)cc2)cc1OC. The summed E-state index contributed by atoms with van der Waals surface area (Å²) in [5, 5.41) is 3.57. The molecule has 25 heavy (non-hydrogen) atoms. The highest BCUT2D eigenvalue weighted by molar-refractivity contribution is 5.42. The van der Waals surface area contributed by atoms with Crippen LogP contribution in [0, 0.1) is 12.8 Å². The van der Waals surface area contributed by atoms with Crippen molar-refractivity contribution < 1.29 is 9.47 Å². The van der Waals surface area contributed by atoms with Crippen LogP contribution in [0.15, 0.2) is 42.5 Å². The number of nitrogens with one attached hydrogen (secondary N) is 3. The van der Waals surface area contributed by atoms with Crippen LogP contribution in [0.3, 0.4) is 0 Å². The van der Waals surface area contributed by atoms with Crippen molar-refractivity contribution in [1.29, 1.82) is 0 Å². The van der Waals surface area contributed by atoms with E-state index < -0.39 is 0 Å². The summed E-state index contributed by atoms with van der Waals surface area (Å²) in [4.78, 5) is 0. The Labute approximate surface area is 149 Å². The zero-order valence-electron chi connectivity index (χ0n) is 15.1. The molecule has 0 bridgehead atoms. The van der Waals surface area contributed by atoms with Gasteiger partial charge in [-0.1, -0.05) is 35.9 Å². The number of hydrogen-bond acceptors (Lipinski definition) is 5. The molecule has 1 aliphatic rings. The van der Waals surface area contributed by atoms with Gasteiger partial charge in [-0.15, -0.1) is 0 Å². The van der Waals surface area contributed by atoms with Crippen molar-refractivity contribution in [3.63, 3.8) is 0 Å². The first-order chi connectivity index (χ1) is 12.2.